The summed E-state index contributed by atoms with van der Waals surface area (Å²) in [5.74, 6) is -0.388. The third-order valence-electron chi connectivity index (χ3n) is 3.29. The van der Waals surface area contributed by atoms with E-state index in [1.54, 1.807) is 25.1 Å². The van der Waals surface area contributed by atoms with Crippen LogP contribution in [0.15, 0.2) is 41.3 Å². The molecule has 0 atom stereocenters. The Morgan fingerprint density at radius 3 is 2.87 bits per heavy atom. The molecular weight excluding hydrogens is 300 g/mol. The summed E-state index contributed by atoms with van der Waals surface area (Å²) < 4.78 is 1.31. The van der Waals surface area contributed by atoms with Crippen LogP contribution < -0.4 is 10.9 Å². The third kappa shape index (κ3) is 4.22. The molecule has 0 aliphatic carbocycles. The minimum Gasteiger partial charge on any atom is -0.352 e. The van der Waals surface area contributed by atoms with Crippen molar-refractivity contribution in [2.75, 3.05) is 6.54 Å². The fourth-order valence-corrected chi connectivity index (χ4v) is 2.04. The number of nitro benzene ring substituents is 1. The number of rotatable bonds is 6. The predicted octanol–water partition coefficient (Wildman–Crippen LogP) is 1.28. The molecule has 0 radical (unpaired) electrons. The highest BCUT2D eigenvalue weighted by atomic mass is 16.6. The zero-order valence-corrected chi connectivity index (χ0v) is 12.6. The summed E-state index contributed by atoms with van der Waals surface area (Å²) in [5.41, 5.74) is 0.448. The van der Waals surface area contributed by atoms with Gasteiger partial charge in [-0.05, 0) is 25.5 Å². The SMILES string of the molecule is Cc1ccc(C(=O)NCCCn2ncccc2=O)cc1[N+](=O)[O-]. The van der Waals surface area contributed by atoms with E-state index in [9.17, 15) is 19.7 Å². The van der Waals surface area contributed by atoms with Crippen molar-refractivity contribution in [3.8, 4) is 0 Å². The first kappa shape index (κ1) is 16.3. The van der Waals surface area contributed by atoms with Crippen LogP contribution in [0, 0.1) is 17.0 Å². The topological polar surface area (TPSA) is 107 Å². The molecule has 0 bridgehead atoms. The molecule has 0 saturated heterocycles. The normalized spacial score (nSPS) is 10.3. The lowest BCUT2D eigenvalue weighted by molar-refractivity contribution is -0.385. The van der Waals surface area contributed by atoms with Gasteiger partial charge in [-0.3, -0.25) is 19.7 Å². The Hall–Kier alpha value is -3.03. The van der Waals surface area contributed by atoms with Crippen LogP contribution in [-0.2, 0) is 6.54 Å². The first-order valence-corrected chi connectivity index (χ1v) is 7.04. The third-order valence-corrected chi connectivity index (χ3v) is 3.29. The number of carbonyl (C=O) groups excluding carboxylic acids is 1. The van der Waals surface area contributed by atoms with Crippen molar-refractivity contribution in [1.82, 2.24) is 15.1 Å². The Labute approximate surface area is 131 Å². The van der Waals surface area contributed by atoms with Crippen LogP contribution in [0.3, 0.4) is 0 Å². The van der Waals surface area contributed by atoms with Crippen molar-refractivity contribution in [3.05, 3.63) is 68.1 Å². The van der Waals surface area contributed by atoms with E-state index < -0.39 is 4.92 Å². The predicted molar refractivity (Wildman–Crippen MR) is 83.3 cm³/mol. The van der Waals surface area contributed by atoms with Gasteiger partial charge < -0.3 is 5.32 Å². The molecule has 1 N–H and O–H groups in total. The number of aryl methyl sites for hydroxylation is 2. The van der Waals surface area contributed by atoms with Gasteiger partial charge in [0.25, 0.3) is 17.2 Å². The van der Waals surface area contributed by atoms with Gasteiger partial charge in [-0.25, -0.2) is 4.68 Å². The summed E-state index contributed by atoms with van der Waals surface area (Å²) in [5, 5.41) is 17.5. The first-order chi connectivity index (χ1) is 11.0. The van der Waals surface area contributed by atoms with Gasteiger partial charge in [0.15, 0.2) is 0 Å². The molecule has 2 aromatic rings. The summed E-state index contributed by atoms with van der Waals surface area (Å²) in [7, 11) is 0. The van der Waals surface area contributed by atoms with Crippen molar-refractivity contribution < 1.29 is 9.72 Å². The van der Waals surface area contributed by atoms with Crippen molar-refractivity contribution in [2.45, 2.75) is 19.9 Å². The molecule has 1 heterocycles. The second kappa shape index (κ2) is 7.30. The quantitative estimate of drug-likeness (QED) is 0.491. The molecule has 2 rings (SSSR count). The molecule has 8 nitrogen and oxygen atoms in total. The van der Waals surface area contributed by atoms with E-state index >= 15 is 0 Å². The van der Waals surface area contributed by atoms with Gasteiger partial charge in [-0.15, -0.1) is 0 Å². The second-order valence-corrected chi connectivity index (χ2v) is 4.95. The van der Waals surface area contributed by atoms with E-state index in [0.717, 1.165) is 0 Å². The Kier molecular flexibility index (Phi) is 5.19. The monoisotopic (exact) mass is 316 g/mol. The summed E-state index contributed by atoms with van der Waals surface area (Å²) in [4.78, 5) is 33.8. The van der Waals surface area contributed by atoms with Crippen LogP contribution in [0.25, 0.3) is 0 Å². The van der Waals surface area contributed by atoms with Crippen LogP contribution in [0.5, 0.6) is 0 Å². The van der Waals surface area contributed by atoms with Crippen LogP contribution in [-0.4, -0.2) is 27.2 Å². The highest BCUT2D eigenvalue weighted by Gasteiger charge is 2.14. The molecule has 1 aromatic heterocycles. The van der Waals surface area contributed by atoms with Gasteiger partial charge >= 0.3 is 0 Å². The Bertz CT molecular complexity index is 785. The standard InChI is InChI=1S/C15H16N4O4/c1-11-5-6-12(10-13(11)19(22)23)15(21)16-7-3-9-18-14(20)4-2-8-17-18/h2,4-6,8,10H,3,7,9H2,1H3,(H,16,21). The van der Waals surface area contributed by atoms with E-state index in [1.165, 1.54) is 23.0 Å². The first-order valence-electron chi connectivity index (χ1n) is 7.04. The van der Waals surface area contributed by atoms with Gasteiger partial charge in [-0.1, -0.05) is 6.07 Å². The number of nitro groups is 1. The number of benzene rings is 1. The van der Waals surface area contributed by atoms with Crippen LogP contribution in [0.1, 0.15) is 22.3 Å². The van der Waals surface area contributed by atoms with Gasteiger partial charge in [0.1, 0.15) is 0 Å². The molecule has 0 unspecified atom stereocenters. The molecule has 0 fully saturated rings. The molecule has 1 amide bonds. The summed E-state index contributed by atoms with van der Waals surface area (Å²) in [6.07, 6.45) is 2.04. The maximum atomic E-state index is 12.0. The molecule has 0 spiro atoms. The molecule has 23 heavy (non-hydrogen) atoms. The summed E-state index contributed by atoms with van der Waals surface area (Å²) in [6.45, 7) is 2.34. The molecule has 0 aliphatic rings. The number of amides is 1. The zero-order valence-electron chi connectivity index (χ0n) is 12.6. The molecular formula is C15H16N4O4. The summed E-state index contributed by atoms with van der Waals surface area (Å²) >= 11 is 0. The molecule has 0 aliphatic heterocycles. The Morgan fingerprint density at radius 1 is 1.39 bits per heavy atom. The van der Waals surface area contributed by atoms with Crippen LogP contribution in [0.4, 0.5) is 5.69 Å². The highest BCUT2D eigenvalue weighted by molar-refractivity contribution is 5.94. The average molecular weight is 316 g/mol. The molecule has 0 saturated carbocycles. The zero-order chi connectivity index (χ0) is 16.8. The fraction of sp³-hybridized carbons (Fsp3) is 0.267. The van der Waals surface area contributed by atoms with Crippen molar-refractivity contribution in [1.29, 1.82) is 0 Å². The minimum absolute atomic E-state index is 0.0855. The Balaban J connectivity index is 1.90. The van der Waals surface area contributed by atoms with E-state index in [-0.39, 0.29) is 22.7 Å². The largest absolute Gasteiger partial charge is 0.352 e. The number of hydrogen-bond donors (Lipinski definition) is 1. The average Bonchev–Trinajstić information content (AvgIpc) is 2.53. The number of carbonyl (C=O) groups is 1. The number of nitrogens with one attached hydrogen (secondary N) is 1. The van der Waals surface area contributed by atoms with E-state index in [2.05, 4.69) is 10.4 Å². The van der Waals surface area contributed by atoms with Gasteiger partial charge in [0, 0.05) is 42.5 Å². The van der Waals surface area contributed by atoms with Crippen LogP contribution >= 0.6 is 0 Å². The van der Waals surface area contributed by atoms with E-state index in [4.69, 9.17) is 0 Å². The molecule has 8 heteroatoms. The van der Waals surface area contributed by atoms with Gasteiger partial charge in [0.2, 0.25) is 0 Å². The molecule has 1 aromatic carbocycles. The second-order valence-electron chi connectivity index (χ2n) is 4.95. The fourth-order valence-electron chi connectivity index (χ4n) is 2.04. The lowest BCUT2D eigenvalue weighted by Gasteiger charge is -2.07. The van der Waals surface area contributed by atoms with E-state index in [0.29, 0.717) is 25.1 Å². The lowest BCUT2D eigenvalue weighted by Crippen LogP contribution is -2.27. The highest BCUT2D eigenvalue weighted by Crippen LogP contribution is 2.19. The van der Waals surface area contributed by atoms with Crippen molar-refractivity contribution in [3.63, 3.8) is 0 Å². The van der Waals surface area contributed by atoms with Gasteiger partial charge in [0.05, 0.1) is 4.92 Å². The minimum atomic E-state index is -0.514. The number of hydrogen-bond acceptors (Lipinski definition) is 5. The Morgan fingerprint density at radius 2 is 2.17 bits per heavy atom. The van der Waals surface area contributed by atoms with Crippen molar-refractivity contribution >= 4 is 11.6 Å². The van der Waals surface area contributed by atoms with E-state index in [1.807, 2.05) is 0 Å². The number of aromatic nitrogens is 2. The van der Waals surface area contributed by atoms with Gasteiger partial charge in [-0.2, -0.15) is 5.10 Å². The smallest absolute Gasteiger partial charge is 0.273 e. The maximum Gasteiger partial charge on any atom is 0.273 e. The van der Waals surface area contributed by atoms with Crippen molar-refractivity contribution in [2.24, 2.45) is 0 Å². The summed E-state index contributed by atoms with van der Waals surface area (Å²) in [6, 6.07) is 7.32. The lowest BCUT2D eigenvalue weighted by atomic mass is 10.1. The molecule has 120 valence electrons. The maximum absolute atomic E-state index is 12.0. The number of nitrogens with zero attached hydrogens (tertiary/aromatic N) is 3. The van der Waals surface area contributed by atoms with Crippen LogP contribution in [0.2, 0.25) is 0 Å².